The van der Waals surface area contributed by atoms with Gasteiger partial charge in [0.05, 0.1) is 52.5 Å². The van der Waals surface area contributed by atoms with Gasteiger partial charge in [-0.1, -0.05) is 59.2 Å². The molecule has 0 saturated heterocycles. The number of carbonyl (C=O) groups excluding carboxylic acids is 18. The number of ether oxygens (including phenoxy) is 2. The number of benzene rings is 1. The number of carboxylic acids is 7. The minimum absolute atomic E-state index is 0.0605. The molecule has 0 bridgehead atoms. The summed E-state index contributed by atoms with van der Waals surface area (Å²) in [6, 6.07) is 6.75. The molecule has 1 saturated carbocycles. The van der Waals surface area contributed by atoms with Crippen molar-refractivity contribution in [2.45, 2.75) is 154 Å². The summed E-state index contributed by atoms with van der Waals surface area (Å²) in [7, 11) is 5.37. The molecule has 0 heterocycles. The Morgan fingerprint density at radius 2 is 0.856 bits per heavy atom. The van der Waals surface area contributed by atoms with Crippen molar-refractivity contribution in [3.05, 3.63) is 42.5 Å². The van der Waals surface area contributed by atoms with E-state index in [9.17, 15) is 63.6 Å². The van der Waals surface area contributed by atoms with Gasteiger partial charge in [0.1, 0.15) is 11.4 Å². The highest BCUT2D eigenvalue weighted by atomic mass is 32.2. The number of nitrogens with zero attached hydrogens (tertiary/aromatic N) is 10. The minimum atomic E-state index is -1.49. The van der Waals surface area contributed by atoms with E-state index < -0.39 is 78.4 Å². The first-order valence-corrected chi connectivity index (χ1v) is 36.8. The third-order valence-corrected chi connectivity index (χ3v) is 16.5. The summed E-state index contributed by atoms with van der Waals surface area (Å²) in [6.07, 6.45) is 12.1. The van der Waals surface area contributed by atoms with Gasteiger partial charge in [-0.25, -0.2) is 9.59 Å². The van der Waals surface area contributed by atoms with Crippen LogP contribution in [0, 0.1) is 10.7 Å². The van der Waals surface area contributed by atoms with Crippen LogP contribution in [0.15, 0.2) is 41.8 Å². The zero-order valence-corrected chi connectivity index (χ0v) is 68.9. The fraction of sp³-hybridized carbons (Fsp3) is 0.644. The number of aliphatic carboxylic acids is 7. The zero-order valence-electron chi connectivity index (χ0n) is 68.1. The predicted molar refractivity (Wildman–Crippen MR) is 398 cm³/mol. The van der Waals surface area contributed by atoms with Crippen LogP contribution in [0.1, 0.15) is 118 Å². The van der Waals surface area contributed by atoms with Crippen LogP contribution in [0.25, 0.3) is 0 Å². The molecule has 45 heteroatoms. The van der Waals surface area contributed by atoms with E-state index in [2.05, 4.69) is 49.0 Å². The lowest BCUT2D eigenvalue weighted by Gasteiger charge is -2.41. The van der Waals surface area contributed by atoms with Crippen molar-refractivity contribution in [1.82, 2.24) is 44.1 Å². The number of hydrogen-bond donors (Lipinski definition) is 7. The average molecular weight is 1710 g/mol. The molecule has 1 fully saturated rings. The van der Waals surface area contributed by atoms with E-state index in [4.69, 9.17) is 107 Å². The van der Waals surface area contributed by atoms with Gasteiger partial charge in [0, 0.05) is 88.3 Å². The summed E-state index contributed by atoms with van der Waals surface area (Å²) < 4.78 is 10.8. The molecule has 0 aromatic heterocycles. The van der Waals surface area contributed by atoms with Crippen LogP contribution in [-0.4, -0.2) is 371 Å². The normalized spacial score (nSPS) is 12.3. The summed E-state index contributed by atoms with van der Waals surface area (Å²) in [5.41, 5.74) is -0.448. The van der Waals surface area contributed by atoms with Gasteiger partial charge in [-0.2, -0.15) is 82.0 Å². The second-order valence-corrected chi connectivity index (χ2v) is 25.0. The minimum Gasteiger partial charge on any atom is -0.480 e. The van der Waals surface area contributed by atoms with Crippen LogP contribution in [0.4, 0.5) is 0 Å². The summed E-state index contributed by atoms with van der Waals surface area (Å²) >= 11 is 1.09. The Labute approximate surface area is 686 Å². The topological polar surface area (TPSA) is 640 Å². The maximum absolute atomic E-state index is 13.2. The van der Waals surface area contributed by atoms with Crippen LogP contribution >= 0.6 is 11.8 Å². The van der Waals surface area contributed by atoms with Crippen molar-refractivity contribution in [1.29, 1.82) is 5.26 Å². The van der Waals surface area contributed by atoms with Crippen molar-refractivity contribution in [3.63, 3.8) is 0 Å². The van der Waals surface area contributed by atoms with Gasteiger partial charge < -0.3 is 59.9 Å². The number of esters is 2. The molecule has 2 rings (SSSR count). The molecule has 4 atom stereocenters. The molecular weight excluding hydrogens is 1590 g/mol. The number of carbonyl (C=O) groups is 9. The van der Waals surface area contributed by atoms with Crippen molar-refractivity contribution >= 4 is 115 Å². The van der Waals surface area contributed by atoms with Crippen LogP contribution in [0.5, 0.6) is 0 Å². The Morgan fingerprint density at radius 3 is 1.20 bits per heavy atom. The van der Waals surface area contributed by atoms with E-state index in [0.717, 1.165) is 106 Å². The van der Waals surface area contributed by atoms with Crippen molar-refractivity contribution < 1.29 is 165 Å². The summed E-state index contributed by atoms with van der Waals surface area (Å²) in [6.45, 7) is 24.8. The molecule has 664 valence electrons. The van der Waals surface area contributed by atoms with Crippen molar-refractivity contribution in [2.24, 2.45) is 0 Å². The highest BCUT2D eigenvalue weighted by Crippen LogP contribution is 2.29. The fourth-order valence-corrected chi connectivity index (χ4v) is 11.9. The van der Waals surface area contributed by atoms with E-state index in [1.807, 2.05) is 46.5 Å². The number of thioether (sulfide) groups is 1. The fourth-order valence-electron chi connectivity index (χ4n) is 11.5. The van der Waals surface area contributed by atoms with Gasteiger partial charge >= 0.3 is 103 Å². The predicted octanol–water partition coefficient (Wildman–Crippen LogP) is -0.154. The molecule has 1 aromatic rings. The number of hydrogen-bond acceptors (Lipinski definition) is 38. The first kappa shape index (κ1) is 125. The van der Waals surface area contributed by atoms with Gasteiger partial charge in [0.25, 0.3) is 0 Å². The highest BCUT2D eigenvalue weighted by Gasteiger charge is 2.52. The Bertz CT molecular complexity index is 3080. The summed E-state index contributed by atoms with van der Waals surface area (Å²) in [5, 5.41) is 74.5. The van der Waals surface area contributed by atoms with Crippen LogP contribution in [-0.2, 0) is 136 Å². The second kappa shape index (κ2) is 86.6. The van der Waals surface area contributed by atoms with E-state index in [-0.39, 0.29) is 133 Å². The Balaban J connectivity index is -0.000000190. The van der Waals surface area contributed by atoms with Crippen LogP contribution in [0.2, 0.25) is 0 Å². The van der Waals surface area contributed by atoms with Gasteiger partial charge in [-0.05, 0) is 148 Å². The number of rotatable bonds is 50. The van der Waals surface area contributed by atoms with Crippen LogP contribution < -0.4 is 0 Å². The van der Waals surface area contributed by atoms with Gasteiger partial charge in [0.2, 0.25) is 5.54 Å². The molecule has 0 aliphatic heterocycles. The standard InChI is InChI=1S/C26H51N3O4.C24H34N4O6S.C15H27N3O8.8CO2/c1-8-15-26(24(30)32-13-6,25(31)33-14-7)29(19-12-5)23-22-28(18-11-4)21-20-27(16-9-2)17-10-3;1-26(18-4-3-5-19(11-18)28(14-23(31)32)15-24(33)34)12-20(27(2)13-22(29)30)10-17-6-8-21(9-7-17)35-16-25;1-3-11(15(25)26)18(6-4-16(2)8-12(19)20)7-5-17(9-13(21)22)10-14(23)24;8*2-1-3/h8H,1,9-23H2,2-7H3;6-9,18-20H,3-5,10-15H2,1-2H3,(H,29,30)(H,31,32)(H,33,34);11H,3-10H2,1-2H3,(H,19,20)(H,21,22)(H,23,24)(H,25,26);;;;;;;;/t;18-,19-,20-;;;;;;;;;/m.1........./s1. The van der Waals surface area contributed by atoms with Gasteiger partial charge in [0.15, 0.2) is 0 Å². The lowest BCUT2D eigenvalue weighted by molar-refractivity contribution is -0.193. The molecule has 7 N–H and O–H groups in total. The largest absolute Gasteiger partial charge is 0.480 e. The third kappa shape index (κ3) is 71.3. The first-order chi connectivity index (χ1) is 55.9. The van der Waals surface area contributed by atoms with Gasteiger partial charge in [-0.3, -0.25) is 63.0 Å². The van der Waals surface area contributed by atoms with E-state index in [1.165, 1.54) is 14.7 Å². The van der Waals surface area contributed by atoms with Gasteiger partial charge in [-0.15, -0.1) is 6.58 Å². The SMILES string of the molecule is C=CCC(C(=O)OCC)(C(=O)OCC)N(CCC)CCN(CCC)CCN(CCC)CCC.CCC(C(=O)O)N(CCN(C)CC(=O)O)CCN(CC(=O)O)CC(=O)O.CN(CC(=O)O)[C@H](Cc1ccc(SC#N)cc1)CN(C)[C@@H]1CCC[C@@H](N(CC(=O)O)CC(=O)O)C1.O=C=O.O=C=O.O=C=O.O=C=O.O=C=O.O=C=O.O=C=O.O=C=O. The lowest BCUT2D eigenvalue weighted by atomic mass is 9.88. The summed E-state index contributed by atoms with van der Waals surface area (Å²) in [5.74, 6) is -8.49. The average Bonchev–Trinajstić information content (AvgIpc) is 0.779. The molecule has 1 aliphatic carbocycles. The molecule has 44 nitrogen and oxygen atoms in total. The molecule has 0 spiro atoms. The molecule has 1 unspecified atom stereocenters. The van der Waals surface area contributed by atoms with E-state index in [1.54, 1.807) is 45.8 Å². The number of thiocyanates is 1. The molecular formula is C73H112N10O34S. The Hall–Kier alpha value is -11.3. The molecule has 118 heavy (non-hydrogen) atoms. The number of likely N-dealkylation sites (N-methyl/N-ethyl adjacent to an activating group) is 3. The zero-order chi connectivity index (χ0) is 93.0. The first-order valence-electron chi connectivity index (χ1n) is 36.0. The number of carboxylic acid groups (broad SMARTS) is 7. The van der Waals surface area contributed by atoms with Crippen LogP contribution in [0.3, 0.4) is 0 Å². The maximum atomic E-state index is 13.2. The van der Waals surface area contributed by atoms with E-state index in [0.29, 0.717) is 45.4 Å². The van der Waals surface area contributed by atoms with Crippen molar-refractivity contribution in [3.8, 4) is 5.40 Å². The number of nitriles is 1. The summed E-state index contributed by atoms with van der Waals surface area (Å²) in [4.78, 5) is 252. The molecule has 0 amide bonds. The molecule has 1 aromatic carbocycles. The van der Waals surface area contributed by atoms with E-state index >= 15 is 0 Å². The highest BCUT2D eigenvalue weighted by molar-refractivity contribution is 8.03. The second-order valence-electron chi connectivity index (χ2n) is 24.2. The van der Waals surface area contributed by atoms with Crippen molar-refractivity contribution in [2.75, 3.05) is 159 Å². The quantitative estimate of drug-likeness (QED) is 0.0147. The molecule has 0 radical (unpaired) electrons. The third-order valence-electron chi connectivity index (χ3n) is 15.9. The maximum Gasteiger partial charge on any atom is 0.373 e. The monoisotopic (exact) mass is 1700 g/mol. The molecule has 1 aliphatic rings. The Morgan fingerprint density at radius 1 is 0.492 bits per heavy atom. The lowest BCUT2D eigenvalue weighted by Crippen LogP contribution is -2.62. The Kier molecular flexibility index (Phi) is 91.6. The smallest absolute Gasteiger partial charge is 0.373 e.